The second-order valence-electron chi connectivity index (χ2n) is 2.29. The number of hydrogen-bond acceptors (Lipinski definition) is 1. The summed E-state index contributed by atoms with van der Waals surface area (Å²) in [7, 11) is 0. The Morgan fingerprint density at radius 1 is 1.40 bits per heavy atom. The second-order valence-corrected chi connectivity index (χ2v) is 2.29. The Balaban J connectivity index is 3.54. The van der Waals surface area contributed by atoms with Gasteiger partial charge in [0.05, 0.1) is 0 Å². The van der Waals surface area contributed by atoms with Crippen LogP contribution in [0.4, 0.5) is 0 Å². The summed E-state index contributed by atoms with van der Waals surface area (Å²) >= 11 is 0. The first-order valence-electron chi connectivity index (χ1n) is 3.54. The maximum absolute atomic E-state index is 10.00. The van der Waals surface area contributed by atoms with Gasteiger partial charge in [0.15, 0.2) is 0 Å². The fourth-order valence-corrected chi connectivity index (χ4v) is 0.595. The van der Waals surface area contributed by atoms with E-state index in [0.717, 1.165) is 6.29 Å². The molecular formula is C9H14O. The van der Waals surface area contributed by atoms with Crippen molar-refractivity contribution in [3.63, 3.8) is 0 Å². The highest BCUT2D eigenvalue weighted by Gasteiger charge is 1.91. The molecule has 0 radical (unpaired) electrons. The van der Waals surface area contributed by atoms with Crippen molar-refractivity contribution in [1.29, 1.82) is 0 Å². The van der Waals surface area contributed by atoms with E-state index >= 15 is 0 Å². The van der Waals surface area contributed by atoms with E-state index < -0.39 is 0 Å². The van der Waals surface area contributed by atoms with Crippen molar-refractivity contribution in [3.8, 4) is 0 Å². The van der Waals surface area contributed by atoms with Crippen LogP contribution in [-0.4, -0.2) is 6.29 Å². The lowest BCUT2D eigenvalue weighted by Crippen LogP contribution is -1.88. The smallest absolute Gasteiger partial charge is 0.120 e. The maximum atomic E-state index is 10.00. The third kappa shape index (κ3) is 5.29. The summed E-state index contributed by atoms with van der Waals surface area (Å²) in [6.07, 6.45) is 9.48. The Labute approximate surface area is 62.4 Å². The predicted molar refractivity (Wildman–Crippen MR) is 43.8 cm³/mol. The quantitative estimate of drug-likeness (QED) is 0.430. The van der Waals surface area contributed by atoms with Gasteiger partial charge in [-0.15, -0.1) is 0 Å². The van der Waals surface area contributed by atoms with Crippen LogP contribution in [0, 0.1) is 5.92 Å². The molecule has 1 atom stereocenters. The number of hydrogen-bond donors (Lipinski definition) is 0. The minimum atomic E-state index is 0.369. The summed E-state index contributed by atoms with van der Waals surface area (Å²) in [5.74, 6) is 0.369. The molecule has 0 rings (SSSR count). The van der Waals surface area contributed by atoms with E-state index in [4.69, 9.17) is 0 Å². The lowest BCUT2D eigenvalue weighted by atomic mass is 10.1. The molecule has 0 aliphatic carbocycles. The summed E-state index contributed by atoms with van der Waals surface area (Å²) in [5.41, 5.74) is 0. The highest BCUT2D eigenvalue weighted by Crippen LogP contribution is 2.00. The third-order valence-corrected chi connectivity index (χ3v) is 1.21. The van der Waals surface area contributed by atoms with Crippen LogP contribution in [0.3, 0.4) is 0 Å². The summed E-state index contributed by atoms with van der Waals surface area (Å²) in [5, 5.41) is 0. The monoisotopic (exact) mass is 138 g/mol. The van der Waals surface area contributed by atoms with Gasteiger partial charge in [-0.05, 0) is 12.8 Å². The van der Waals surface area contributed by atoms with Gasteiger partial charge in [-0.25, -0.2) is 0 Å². The molecule has 0 aromatic heterocycles. The largest absolute Gasteiger partial charge is 0.303 e. The Morgan fingerprint density at radius 3 is 2.60 bits per heavy atom. The zero-order valence-electron chi connectivity index (χ0n) is 6.58. The van der Waals surface area contributed by atoms with Crippen LogP contribution in [0.5, 0.6) is 0 Å². The van der Waals surface area contributed by atoms with E-state index in [0.29, 0.717) is 12.3 Å². The van der Waals surface area contributed by atoms with Crippen molar-refractivity contribution >= 4 is 6.29 Å². The minimum absolute atomic E-state index is 0.369. The van der Waals surface area contributed by atoms with Gasteiger partial charge >= 0.3 is 0 Å². The van der Waals surface area contributed by atoms with Gasteiger partial charge < -0.3 is 4.79 Å². The van der Waals surface area contributed by atoms with Gasteiger partial charge in [0.1, 0.15) is 6.29 Å². The lowest BCUT2D eigenvalue weighted by molar-refractivity contribution is -0.108. The highest BCUT2D eigenvalue weighted by molar-refractivity contribution is 5.50. The average molecular weight is 138 g/mol. The SMILES string of the molecule is C/C=C\C=C\C(C)CC=O. The normalized spacial score (nSPS) is 14.6. The zero-order valence-corrected chi connectivity index (χ0v) is 6.58. The first kappa shape index (κ1) is 9.15. The Bertz CT molecular complexity index is 134. The van der Waals surface area contributed by atoms with E-state index in [1.807, 2.05) is 38.2 Å². The van der Waals surface area contributed by atoms with Crippen LogP contribution in [0.2, 0.25) is 0 Å². The molecule has 0 N–H and O–H groups in total. The molecule has 0 saturated carbocycles. The molecule has 0 aromatic rings. The third-order valence-electron chi connectivity index (χ3n) is 1.21. The summed E-state index contributed by atoms with van der Waals surface area (Å²) in [6.45, 7) is 3.99. The molecule has 0 fully saturated rings. The second kappa shape index (κ2) is 6.27. The molecule has 0 bridgehead atoms. The Hall–Kier alpha value is -0.850. The molecule has 0 heterocycles. The number of allylic oxidation sites excluding steroid dienone is 4. The fourth-order valence-electron chi connectivity index (χ4n) is 0.595. The summed E-state index contributed by atoms with van der Waals surface area (Å²) in [6, 6.07) is 0. The standard InChI is InChI=1S/C9H14O/c1-3-4-5-6-9(2)7-8-10/h3-6,8-9H,7H2,1-2H3/b4-3-,6-5+. The van der Waals surface area contributed by atoms with Crippen molar-refractivity contribution in [2.75, 3.05) is 0 Å². The first-order chi connectivity index (χ1) is 4.81. The summed E-state index contributed by atoms with van der Waals surface area (Å²) < 4.78 is 0. The number of carbonyl (C=O) groups excluding carboxylic acids is 1. The summed E-state index contributed by atoms with van der Waals surface area (Å²) in [4.78, 5) is 10.00. The van der Waals surface area contributed by atoms with Crippen LogP contribution in [0.1, 0.15) is 20.3 Å². The van der Waals surface area contributed by atoms with Gasteiger partial charge in [0, 0.05) is 6.42 Å². The van der Waals surface area contributed by atoms with Gasteiger partial charge in [-0.3, -0.25) is 0 Å². The van der Waals surface area contributed by atoms with Crippen LogP contribution in [0.25, 0.3) is 0 Å². The van der Waals surface area contributed by atoms with Crippen LogP contribution in [-0.2, 0) is 4.79 Å². The molecule has 1 nitrogen and oxygen atoms in total. The van der Waals surface area contributed by atoms with Gasteiger partial charge in [0.2, 0.25) is 0 Å². The average Bonchev–Trinajstić information content (AvgIpc) is 1.89. The van der Waals surface area contributed by atoms with Crippen molar-refractivity contribution in [3.05, 3.63) is 24.3 Å². The van der Waals surface area contributed by atoms with E-state index in [1.165, 1.54) is 0 Å². The molecule has 0 aromatic carbocycles. The van der Waals surface area contributed by atoms with E-state index in [2.05, 4.69) is 0 Å². The molecule has 0 amide bonds. The predicted octanol–water partition coefficient (Wildman–Crippen LogP) is 2.34. The lowest BCUT2D eigenvalue weighted by Gasteiger charge is -1.95. The van der Waals surface area contributed by atoms with Crippen LogP contribution >= 0.6 is 0 Å². The molecule has 0 saturated heterocycles. The van der Waals surface area contributed by atoms with Crippen molar-refractivity contribution in [2.24, 2.45) is 5.92 Å². The molecule has 0 spiro atoms. The molecule has 1 unspecified atom stereocenters. The molecule has 0 aliphatic heterocycles. The van der Waals surface area contributed by atoms with Crippen molar-refractivity contribution in [2.45, 2.75) is 20.3 Å². The number of rotatable bonds is 4. The van der Waals surface area contributed by atoms with E-state index in [-0.39, 0.29) is 0 Å². The molecule has 10 heavy (non-hydrogen) atoms. The van der Waals surface area contributed by atoms with Crippen LogP contribution < -0.4 is 0 Å². The molecule has 0 aliphatic rings. The van der Waals surface area contributed by atoms with E-state index in [9.17, 15) is 4.79 Å². The van der Waals surface area contributed by atoms with Gasteiger partial charge in [0.25, 0.3) is 0 Å². The minimum Gasteiger partial charge on any atom is -0.303 e. The molecule has 1 heteroatoms. The number of aldehydes is 1. The topological polar surface area (TPSA) is 17.1 Å². The van der Waals surface area contributed by atoms with Crippen molar-refractivity contribution in [1.82, 2.24) is 0 Å². The Kier molecular flexibility index (Phi) is 5.74. The fraction of sp³-hybridized carbons (Fsp3) is 0.444. The van der Waals surface area contributed by atoms with Crippen molar-refractivity contribution < 1.29 is 4.79 Å². The van der Waals surface area contributed by atoms with Crippen LogP contribution in [0.15, 0.2) is 24.3 Å². The highest BCUT2D eigenvalue weighted by atomic mass is 16.1. The molecular weight excluding hydrogens is 124 g/mol. The molecule has 56 valence electrons. The van der Waals surface area contributed by atoms with Gasteiger partial charge in [-0.2, -0.15) is 0 Å². The van der Waals surface area contributed by atoms with E-state index in [1.54, 1.807) is 0 Å². The maximum Gasteiger partial charge on any atom is 0.120 e. The Morgan fingerprint density at radius 2 is 2.10 bits per heavy atom. The zero-order chi connectivity index (χ0) is 7.82. The first-order valence-corrected chi connectivity index (χ1v) is 3.54. The van der Waals surface area contributed by atoms with Gasteiger partial charge in [-0.1, -0.05) is 31.2 Å². The number of carbonyl (C=O) groups is 1.